The predicted molar refractivity (Wildman–Crippen MR) is 405 cm³/mol. The smallest absolute Gasteiger partial charge is 0.230 e. The number of nitrogens with zero attached hydrogens (tertiary/aromatic N) is 9. The molecule has 1 atom stereocenters. The van der Waals surface area contributed by atoms with Gasteiger partial charge in [-0.1, -0.05) is 156 Å². The molecular formula is C79H157N13O4. The minimum Gasteiger partial charge on any atom is -0.334 e. The Labute approximate surface area is 591 Å². The third-order valence-electron chi connectivity index (χ3n) is 21.8. The van der Waals surface area contributed by atoms with Gasteiger partial charge in [0.25, 0.3) is 0 Å². The summed E-state index contributed by atoms with van der Waals surface area (Å²) in [6, 6.07) is 0.0222. The van der Waals surface area contributed by atoms with Crippen molar-refractivity contribution >= 4 is 11.9 Å². The van der Waals surface area contributed by atoms with E-state index in [1.54, 1.807) is 0 Å². The van der Waals surface area contributed by atoms with Crippen molar-refractivity contribution in [2.75, 3.05) is 69.0 Å². The Hall–Kier alpha value is -1.87. The monoisotopic (exact) mass is 1350 g/mol. The van der Waals surface area contributed by atoms with Crippen molar-refractivity contribution < 1.29 is 19.4 Å². The Kier molecular flexibility index (Phi) is 35.6. The van der Waals surface area contributed by atoms with Gasteiger partial charge in [-0.25, -0.2) is 0 Å². The average Bonchev–Trinajstić information content (AvgIpc) is 0.744. The summed E-state index contributed by atoms with van der Waals surface area (Å²) in [5.74, 6) is 2.33. The largest absolute Gasteiger partial charge is 0.334 e. The fourth-order valence-electron chi connectivity index (χ4n) is 18.3. The van der Waals surface area contributed by atoms with Crippen LogP contribution in [0.3, 0.4) is 0 Å². The van der Waals surface area contributed by atoms with E-state index in [0.29, 0.717) is 19.6 Å². The van der Waals surface area contributed by atoms with E-state index in [1.165, 1.54) is 128 Å². The average molecular weight is 1350 g/mol. The second-order valence-corrected chi connectivity index (χ2v) is 35.4. The molecule has 4 saturated heterocycles. The Morgan fingerprint density at radius 2 is 0.594 bits per heavy atom. The second kappa shape index (κ2) is 40.3. The minimum atomic E-state index is -0.312. The van der Waals surface area contributed by atoms with Gasteiger partial charge in [0.1, 0.15) is 0 Å². The van der Waals surface area contributed by atoms with Gasteiger partial charge in [-0.2, -0.15) is 35.2 Å². The molecule has 6 N–H and O–H groups in total. The molecule has 0 amide bonds. The molecule has 4 aliphatic rings. The highest BCUT2D eigenvalue weighted by molar-refractivity contribution is 5.45. The fraction of sp³-hybridized carbons (Fsp3) is 0.962. The molecule has 0 radical (unpaired) electrons. The molecule has 1 aromatic rings. The van der Waals surface area contributed by atoms with Gasteiger partial charge >= 0.3 is 0 Å². The summed E-state index contributed by atoms with van der Waals surface area (Å²) >= 11 is 0. The lowest BCUT2D eigenvalue weighted by atomic mass is 9.74. The van der Waals surface area contributed by atoms with Gasteiger partial charge in [-0.3, -0.25) is 19.4 Å². The Morgan fingerprint density at radius 3 is 0.844 bits per heavy atom. The van der Waals surface area contributed by atoms with Crippen LogP contribution < -0.4 is 31.9 Å². The number of rotatable bonds is 48. The highest BCUT2D eigenvalue weighted by Crippen LogP contribution is 2.50. The van der Waals surface area contributed by atoms with Crippen molar-refractivity contribution in [2.45, 2.75) is 431 Å². The first kappa shape index (κ1) is 84.8. The van der Waals surface area contributed by atoms with Crippen LogP contribution in [0, 0.1) is 0 Å². The lowest BCUT2D eigenvalue weighted by molar-refractivity contribution is -0.288. The zero-order valence-corrected chi connectivity index (χ0v) is 66.6. The first-order chi connectivity index (χ1) is 45.4. The highest BCUT2D eigenvalue weighted by Gasteiger charge is 2.56. The maximum atomic E-state index is 7.05. The van der Waals surface area contributed by atoms with E-state index in [2.05, 4.69) is 179 Å². The van der Waals surface area contributed by atoms with E-state index in [-0.39, 0.29) is 74.5 Å². The summed E-state index contributed by atoms with van der Waals surface area (Å²) < 4.78 is 0. The number of anilines is 2. The normalized spacial score (nSPS) is 22.1. The number of piperidine rings is 4. The van der Waals surface area contributed by atoms with Crippen LogP contribution in [-0.4, -0.2) is 163 Å². The fourth-order valence-corrected chi connectivity index (χ4v) is 18.3. The standard InChI is InChI=1S/C79H157N13O4/c1-21-25-29-33-37-41-51-93-89-72(5,6)55-64(56-73(89,7)8)87(65-57-74(9,10)90(75(11,12)58-65)94-52-42-38-34-30-26-22-2)70-84-69(68(83-50-46-48-81)63-82-49-45-47-80)85-71(86-70)88(66-59-76(13,14)91(77(15,16)60-66)95-53-43-39-35-31-27-23-3)67-61-78(17,18)92(79(19,20)62-67)96-54-44-40-36-32-28-24-4/h64-68,82-83H,21-63,80-81H2,1-20H3. The molecule has 562 valence electrons. The lowest BCUT2D eigenvalue weighted by Gasteiger charge is -2.60. The number of aromatic nitrogens is 3. The molecule has 4 fully saturated rings. The summed E-state index contributed by atoms with van der Waals surface area (Å²) in [5.41, 5.74) is 10.00. The van der Waals surface area contributed by atoms with Gasteiger partial charge < -0.3 is 31.9 Å². The van der Waals surface area contributed by atoms with Crippen LogP contribution in [0.2, 0.25) is 0 Å². The summed E-state index contributed by atoms with van der Waals surface area (Å²) in [5, 5.41) is 17.4. The van der Waals surface area contributed by atoms with Gasteiger partial charge in [0.15, 0.2) is 5.82 Å². The summed E-state index contributed by atoms with van der Waals surface area (Å²) in [6.07, 6.45) is 38.3. The van der Waals surface area contributed by atoms with Crippen molar-refractivity contribution in [1.82, 2.24) is 45.8 Å². The Bertz CT molecular complexity index is 1950. The molecule has 1 unspecified atom stereocenters. The molecule has 0 aliphatic carbocycles. The molecular weight excluding hydrogens is 1190 g/mol. The summed E-state index contributed by atoms with van der Waals surface area (Å²) in [7, 11) is 0. The van der Waals surface area contributed by atoms with Gasteiger partial charge in [0, 0.05) is 75.0 Å². The van der Waals surface area contributed by atoms with Crippen LogP contribution in [0.5, 0.6) is 0 Å². The Morgan fingerprint density at radius 1 is 0.354 bits per heavy atom. The number of hydrogen-bond donors (Lipinski definition) is 4. The van der Waals surface area contributed by atoms with Crippen LogP contribution in [0.1, 0.15) is 369 Å². The zero-order valence-electron chi connectivity index (χ0n) is 66.6. The molecule has 5 rings (SSSR count). The number of nitrogens with two attached hydrogens (primary N) is 2. The third kappa shape index (κ3) is 25.5. The van der Waals surface area contributed by atoms with E-state index >= 15 is 0 Å². The first-order valence-electron chi connectivity index (χ1n) is 40.3. The molecule has 0 bridgehead atoms. The molecule has 0 spiro atoms. The van der Waals surface area contributed by atoms with Crippen LogP contribution in [0.25, 0.3) is 0 Å². The van der Waals surface area contributed by atoms with Gasteiger partial charge in [0.05, 0.1) is 32.5 Å². The zero-order chi connectivity index (χ0) is 70.9. The van der Waals surface area contributed by atoms with Crippen LogP contribution in [0.4, 0.5) is 11.9 Å². The number of nitrogens with one attached hydrogen (secondary N) is 2. The van der Waals surface area contributed by atoms with Crippen molar-refractivity contribution in [2.24, 2.45) is 11.5 Å². The molecule has 5 heterocycles. The van der Waals surface area contributed by atoms with E-state index in [9.17, 15) is 0 Å². The number of hydroxylamine groups is 8. The molecule has 4 aliphatic heterocycles. The molecule has 17 nitrogen and oxygen atoms in total. The summed E-state index contributed by atoms with van der Waals surface area (Å²) in [4.78, 5) is 51.9. The first-order valence-corrected chi connectivity index (χ1v) is 40.3. The summed E-state index contributed by atoms with van der Waals surface area (Å²) in [6.45, 7) is 54.2. The van der Waals surface area contributed by atoms with Crippen LogP contribution >= 0.6 is 0 Å². The van der Waals surface area contributed by atoms with Crippen molar-refractivity contribution in [3.63, 3.8) is 0 Å². The van der Waals surface area contributed by atoms with E-state index in [4.69, 9.17) is 45.8 Å². The molecule has 96 heavy (non-hydrogen) atoms. The van der Waals surface area contributed by atoms with E-state index in [0.717, 1.165) is 147 Å². The number of unbranched alkanes of at least 4 members (excludes halogenated alkanes) is 20. The highest BCUT2D eigenvalue weighted by atomic mass is 16.7. The molecule has 17 heteroatoms. The molecule has 1 aromatic heterocycles. The van der Waals surface area contributed by atoms with Crippen molar-refractivity contribution in [3.8, 4) is 0 Å². The lowest BCUT2D eigenvalue weighted by Crippen LogP contribution is -2.69. The van der Waals surface area contributed by atoms with Gasteiger partial charge in [-0.15, -0.1) is 0 Å². The predicted octanol–water partition coefficient (Wildman–Crippen LogP) is 17.7. The van der Waals surface area contributed by atoms with Crippen molar-refractivity contribution in [3.05, 3.63) is 5.82 Å². The molecule has 0 saturated carbocycles. The topological polar surface area (TPSA) is 171 Å². The Balaban J connectivity index is 1.77. The van der Waals surface area contributed by atoms with E-state index < -0.39 is 0 Å². The number of hydrogen-bond acceptors (Lipinski definition) is 17. The van der Waals surface area contributed by atoms with E-state index in [1.807, 2.05) is 0 Å². The van der Waals surface area contributed by atoms with Gasteiger partial charge in [-0.05, 0) is 227 Å². The minimum absolute atomic E-state index is 0.0637. The maximum absolute atomic E-state index is 7.05. The quantitative estimate of drug-likeness (QED) is 0.0454. The third-order valence-corrected chi connectivity index (χ3v) is 21.8. The van der Waals surface area contributed by atoms with Crippen LogP contribution in [-0.2, 0) is 19.4 Å². The van der Waals surface area contributed by atoms with Gasteiger partial charge in [0.2, 0.25) is 11.9 Å². The van der Waals surface area contributed by atoms with Crippen LogP contribution in [0.15, 0.2) is 0 Å². The van der Waals surface area contributed by atoms with Crippen molar-refractivity contribution in [1.29, 1.82) is 0 Å². The second-order valence-electron chi connectivity index (χ2n) is 35.4. The molecule has 0 aromatic carbocycles. The SMILES string of the molecule is CCCCCCCCON1C(C)(C)CC(N(c2nc(C(CNCCCN)NCCCN)nc(N(C3CC(C)(C)N(OCCCCCCCC)C(C)(C)C3)C3CC(C)(C)N(OCCCCCCCC)C(C)(C)C3)n2)C2CC(C)(C)N(OCCCCCCCC)C(C)(C)C2)CC1(C)C. The maximum Gasteiger partial charge on any atom is 0.230 e.